The van der Waals surface area contributed by atoms with E-state index in [0.717, 1.165) is 68.1 Å². The minimum Gasteiger partial charge on any atom is -0.497 e. The highest BCUT2D eigenvalue weighted by Gasteiger charge is 2.23. The van der Waals surface area contributed by atoms with Crippen molar-refractivity contribution in [1.29, 1.82) is 0 Å². The normalized spacial score (nSPS) is 14.6. The van der Waals surface area contributed by atoms with Gasteiger partial charge in [0.15, 0.2) is 0 Å². The number of para-hydroxylation sites is 1. The van der Waals surface area contributed by atoms with E-state index in [4.69, 9.17) is 9.47 Å². The van der Waals surface area contributed by atoms with Gasteiger partial charge in [0.25, 0.3) is 0 Å². The lowest BCUT2D eigenvalue weighted by Gasteiger charge is -2.32. The number of likely N-dealkylation sites (N-methyl/N-ethyl adjacent to an activating group) is 1. The van der Waals surface area contributed by atoms with Crippen molar-refractivity contribution in [3.63, 3.8) is 0 Å². The number of nitrogens with one attached hydrogen (secondary N) is 1. The van der Waals surface area contributed by atoms with Crippen molar-refractivity contribution in [3.8, 4) is 16.9 Å². The molecular weight excluding hydrogens is 438 g/mol. The predicted molar refractivity (Wildman–Crippen MR) is 141 cm³/mol. The van der Waals surface area contributed by atoms with E-state index in [2.05, 4.69) is 34.3 Å². The zero-order valence-corrected chi connectivity index (χ0v) is 20.7. The van der Waals surface area contributed by atoms with E-state index in [1.165, 1.54) is 5.56 Å². The van der Waals surface area contributed by atoms with Crippen molar-refractivity contribution >= 4 is 11.8 Å². The molecule has 0 atom stereocenters. The van der Waals surface area contributed by atoms with E-state index in [9.17, 15) is 4.79 Å². The lowest BCUT2D eigenvalue weighted by Crippen LogP contribution is -2.41. The van der Waals surface area contributed by atoms with Crippen molar-refractivity contribution < 1.29 is 14.3 Å². The molecule has 6 nitrogen and oxygen atoms in total. The summed E-state index contributed by atoms with van der Waals surface area (Å²) >= 11 is 0. The first-order valence-corrected chi connectivity index (χ1v) is 12.3. The van der Waals surface area contributed by atoms with E-state index in [-0.39, 0.29) is 12.2 Å². The molecule has 0 radical (unpaired) electrons. The minimum atomic E-state index is -0.384. The Bertz CT molecular complexity index is 1080. The van der Waals surface area contributed by atoms with Crippen LogP contribution in [0.15, 0.2) is 78.9 Å². The van der Waals surface area contributed by atoms with E-state index in [1.807, 2.05) is 66.7 Å². The second-order valence-corrected chi connectivity index (χ2v) is 9.07. The van der Waals surface area contributed by atoms with Crippen LogP contribution in [0.2, 0.25) is 0 Å². The summed E-state index contributed by atoms with van der Waals surface area (Å²) in [6.07, 6.45) is 1.27. The molecule has 0 aromatic heterocycles. The third-order valence-corrected chi connectivity index (χ3v) is 6.44. The smallest absolute Gasteiger partial charge is 0.411 e. The first-order valence-electron chi connectivity index (χ1n) is 12.3. The standard InChI is InChI=1S/C29H35N3O3/c1-31(22-23-9-8-12-26(21-23)34-2)19-20-32-17-15-25(16-18-32)35-29(33)30-28-14-7-6-13-27(28)24-10-4-3-5-11-24/h3-14,21,25H,15-20,22H2,1-2H3,(H,30,33). The number of rotatable bonds is 9. The van der Waals surface area contributed by atoms with Crippen LogP contribution >= 0.6 is 0 Å². The van der Waals surface area contributed by atoms with Crippen molar-refractivity contribution in [1.82, 2.24) is 9.80 Å². The molecule has 1 aliphatic rings. The van der Waals surface area contributed by atoms with Crippen LogP contribution < -0.4 is 10.1 Å². The summed E-state index contributed by atoms with van der Waals surface area (Å²) in [5.41, 5.74) is 4.06. The second kappa shape index (κ2) is 12.4. The zero-order chi connectivity index (χ0) is 24.5. The summed E-state index contributed by atoms with van der Waals surface area (Å²) in [7, 11) is 3.84. The van der Waals surface area contributed by atoms with Gasteiger partial charge in [-0.2, -0.15) is 0 Å². The van der Waals surface area contributed by atoms with Crippen LogP contribution in [0, 0.1) is 0 Å². The third kappa shape index (κ3) is 7.31. The maximum Gasteiger partial charge on any atom is 0.411 e. The highest BCUT2D eigenvalue weighted by molar-refractivity contribution is 5.91. The average molecular weight is 474 g/mol. The van der Waals surface area contributed by atoms with Gasteiger partial charge in [-0.3, -0.25) is 5.32 Å². The number of nitrogens with zero attached hydrogens (tertiary/aromatic N) is 2. The Morgan fingerprint density at radius 1 is 1.00 bits per heavy atom. The van der Waals surface area contributed by atoms with Crippen LogP contribution in [-0.2, 0) is 11.3 Å². The predicted octanol–water partition coefficient (Wildman–Crippen LogP) is 5.51. The van der Waals surface area contributed by atoms with Crippen molar-refractivity contribution in [2.75, 3.05) is 45.7 Å². The van der Waals surface area contributed by atoms with Gasteiger partial charge in [0.2, 0.25) is 0 Å². The van der Waals surface area contributed by atoms with Gasteiger partial charge in [-0.1, -0.05) is 60.7 Å². The van der Waals surface area contributed by atoms with Crippen LogP contribution in [-0.4, -0.2) is 62.3 Å². The Morgan fingerprint density at radius 2 is 1.74 bits per heavy atom. The maximum atomic E-state index is 12.6. The molecule has 1 N–H and O–H groups in total. The Balaban J connectivity index is 1.19. The number of methoxy groups -OCH3 is 1. The number of carbonyl (C=O) groups excluding carboxylic acids is 1. The Hall–Kier alpha value is -3.35. The molecule has 35 heavy (non-hydrogen) atoms. The van der Waals surface area contributed by atoms with Crippen LogP contribution in [0.5, 0.6) is 5.75 Å². The fourth-order valence-electron chi connectivity index (χ4n) is 4.48. The fourth-order valence-corrected chi connectivity index (χ4v) is 4.48. The van der Waals surface area contributed by atoms with Gasteiger partial charge in [-0.05, 0) is 49.2 Å². The molecule has 4 rings (SSSR count). The highest BCUT2D eigenvalue weighted by atomic mass is 16.6. The van der Waals surface area contributed by atoms with Gasteiger partial charge in [0.1, 0.15) is 11.9 Å². The van der Waals surface area contributed by atoms with Crippen molar-refractivity contribution in [3.05, 3.63) is 84.4 Å². The first kappa shape index (κ1) is 24.8. The molecule has 3 aromatic carbocycles. The van der Waals surface area contributed by atoms with Gasteiger partial charge in [-0.15, -0.1) is 0 Å². The Labute approximate surface area is 208 Å². The third-order valence-electron chi connectivity index (χ3n) is 6.44. The van der Waals surface area contributed by atoms with Gasteiger partial charge >= 0.3 is 6.09 Å². The number of benzene rings is 3. The van der Waals surface area contributed by atoms with Crippen LogP contribution in [0.1, 0.15) is 18.4 Å². The molecule has 1 fully saturated rings. The monoisotopic (exact) mass is 473 g/mol. The molecule has 0 saturated carbocycles. The van der Waals surface area contributed by atoms with Gasteiger partial charge in [-0.25, -0.2) is 4.79 Å². The minimum absolute atomic E-state index is 0.0512. The van der Waals surface area contributed by atoms with Crippen LogP contribution in [0.3, 0.4) is 0 Å². The average Bonchev–Trinajstić information content (AvgIpc) is 2.89. The van der Waals surface area contributed by atoms with E-state index >= 15 is 0 Å². The molecule has 0 bridgehead atoms. The van der Waals surface area contributed by atoms with Gasteiger partial charge < -0.3 is 19.3 Å². The number of hydrogen-bond donors (Lipinski definition) is 1. The lowest BCUT2D eigenvalue weighted by molar-refractivity contribution is 0.0563. The molecule has 3 aromatic rings. The van der Waals surface area contributed by atoms with Crippen molar-refractivity contribution in [2.24, 2.45) is 0 Å². The van der Waals surface area contributed by atoms with Crippen LogP contribution in [0.4, 0.5) is 10.5 Å². The van der Waals surface area contributed by atoms with Crippen LogP contribution in [0.25, 0.3) is 11.1 Å². The topological polar surface area (TPSA) is 54.0 Å². The number of amides is 1. The largest absolute Gasteiger partial charge is 0.497 e. The number of carbonyl (C=O) groups is 1. The van der Waals surface area contributed by atoms with E-state index < -0.39 is 0 Å². The number of likely N-dealkylation sites (tertiary alicyclic amines) is 1. The maximum absolute atomic E-state index is 12.6. The molecular formula is C29H35N3O3. The lowest BCUT2D eigenvalue weighted by atomic mass is 10.0. The molecule has 1 heterocycles. The fraction of sp³-hybridized carbons (Fsp3) is 0.345. The molecule has 184 valence electrons. The first-order chi connectivity index (χ1) is 17.1. The van der Waals surface area contributed by atoms with E-state index in [0.29, 0.717) is 0 Å². The summed E-state index contributed by atoms with van der Waals surface area (Å²) < 4.78 is 11.1. The van der Waals surface area contributed by atoms with Gasteiger partial charge in [0.05, 0.1) is 12.8 Å². The molecule has 0 unspecified atom stereocenters. The second-order valence-electron chi connectivity index (χ2n) is 9.07. The quantitative estimate of drug-likeness (QED) is 0.444. The summed E-state index contributed by atoms with van der Waals surface area (Å²) in [6, 6.07) is 26.1. The number of ether oxygens (including phenoxy) is 2. The zero-order valence-electron chi connectivity index (χ0n) is 20.7. The molecule has 6 heteroatoms. The summed E-state index contributed by atoms with van der Waals surface area (Å²) in [4.78, 5) is 17.4. The number of hydrogen-bond acceptors (Lipinski definition) is 5. The highest BCUT2D eigenvalue weighted by Crippen LogP contribution is 2.28. The molecule has 1 aliphatic heterocycles. The molecule has 1 amide bonds. The van der Waals surface area contributed by atoms with E-state index in [1.54, 1.807) is 7.11 Å². The SMILES string of the molecule is COc1cccc(CN(C)CCN2CCC(OC(=O)Nc3ccccc3-c3ccccc3)CC2)c1. The summed E-state index contributed by atoms with van der Waals surface area (Å²) in [5.74, 6) is 0.894. The molecule has 0 spiro atoms. The summed E-state index contributed by atoms with van der Waals surface area (Å²) in [6.45, 7) is 4.75. The van der Waals surface area contributed by atoms with Crippen molar-refractivity contribution in [2.45, 2.75) is 25.5 Å². The Morgan fingerprint density at radius 3 is 2.51 bits per heavy atom. The summed E-state index contributed by atoms with van der Waals surface area (Å²) in [5, 5.41) is 2.95. The number of anilines is 1. The Kier molecular flexibility index (Phi) is 8.76. The number of piperidine rings is 1. The van der Waals surface area contributed by atoms with Gasteiger partial charge in [0, 0.05) is 38.3 Å². The molecule has 0 aliphatic carbocycles. The molecule has 1 saturated heterocycles.